The summed E-state index contributed by atoms with van der Waals surface area (Å²) in [7, 11) is 0. The van der Waals surface area contributed by atoms with Gasteiger partial charge in [-0.1, -0.05) is 30.2 Å². The Morgan fingerprint density at radius 2 is 2.14 bits per heavy atom. The minimum atomic E-state index is 0.254. The van der Waals surface area contributed by atoms with E-state index in [0.29, 0.717) is 5.78 Å². The van der Waals surface area contributed by atoms with Gasteiger partial charge in [-0.05, 0) is 30.4 Å². The Balaban J connectivity index is 1.95. The average molecular weight is 186 g/mol. The molecule has 0 aromatic rings. The fraction of sp³-hybridized carbons (Fsp3) is 0.462. The van der Waals surface area contributed by atoms with Crippen LogP contribution in [0.5, 0.6) is 0 Å². The van der Waals surface area contributed by atoms with Gasteiger partial charge < -0.3 is 0 Å². The van der Waals surface area contributed by atoms with Gasteiger partial charge in [-0.25, -0.2) is 0 Å². The second-order valence-corrected chi connectivity index (χ2v) is 4.64. The quantitative estimate of drug-likeness (QED) is 0.568. The van der Waals surface area contributed by atoms with Crippen LogP contribution < -0.4 is 0 Å². The third-order valence-electron chi connectivity index (χ3n) is 3.66. The fourth-order valence-electron chi connectivity index (χ4n) is 2.86. The maximum Gasteiger partial charge on any atom is 0.162 e. The molecule has 1 heteroatoms. The minimum Gasteiger partial charge on any atom is -0.294 e. The molecular formula is C13H14O. The normalized spacial score (nSPS) is 30.1. The Bertz CT molecular complexity index is 407. The van der Waals surface area contributed by atoms with E-state index in [9.17, 15) is 4.79 Å². The van der Waals surface area contributed by atoms with Crippen molar-refractivity contribution < 1.29 is 4.79 Å². The van der Waals surface area contributed by atoms with Gasteiger partial charge in [0.15, 0.2) is 5.78 Å². The zero-order valence-corrected chi connectivity index (χ0v) is 8.47. The third kappa shape index (κ3) is 0.985. The van der Waals surface area contributed by atoms with Gasteiger partial charge in [0.2, 0.25) is 0 Å². The summed E-state index contributed by atoms with van der Waals surface area (Å²) >= 11 is 0. The Morgan fingerprint density at radius 3 is 3.00 bits per heavy atom. The van der Waals surface area contributed by atoms with E-state index >= 15 is 0 Å². The third-order valence-corrected chi connectivity index (χ3v) is 3.66. The summed E-state index contributed by atoms with van der Waals surface area (Å²) in [5, 5.41) is 0. The summed E-state index contributed by atoms with van der Waals surface area (Å²) < 4.78 is 0. The van der Waals surface area contributed by atoms with Gasteiger partial charge in [-0.2, -0.15) is 0 Å². The molecule has 72 valence electrons. The molecule has 0 saturated heterocycles. The molecule has 0 saturated carbocycles. The lowest BCUT2D eigenvalue weighted by molar-refractivity contribution is -0.117. The van der Waals surface area contributed by atoms with E-state index < -0.39 is 0 Å². The van der Waals surface area contributed by atoms with Crippen LogP contribution in [0, 0.1) is 5.92 Å². The average Bonchev–Trinajstić information content (AvgIpc) is 2.70. The topological polar surface area (TPSA) is 17.1 Å². The van der Waals surface area contributed by atoms with Crippen molar-refractivity contribution in [1.29, 1.82) is 0 Å². The van der Waals surface area contributed by atoms with Crippen molar-refractivity contribution in [2.45, 2.75) is 32.6 Å². The van der Waals surface area contributed by atoms with Crippen LogP contribution in [-0.2, 0) is 4.79 Å². The second-order valence-electron chi connectivity index (χ2n) is 4.64. The SMILES string of the molecule is CC1CC2=C(CC3=C(CC=C3)C2)C1=O. The predicted molar refractivity (Wildman–Crippen MR) is 55.8 cm³/mol. The van der Waals surface area contributed by atoms with Gasteiger partial charge in [0.05, 0.1) is 0 Å². The number of hydrogen-bond donors (Lipinski definition) is 0. The summed E-state index contributed by atoms with van der Waals surface area (Å²) in [6, 6.07) is 0. The molecule has 14 heavy (non-hydrogen) atoms. The predicted octanol–water partition coefficient (Wildman–Crippen LogP) is 2.94. The van der Waals surface area contributed by atoms with Gasteiger partial charge in [0.25, 0.3) is 0 Å². The van der Waals surface area contributed by atoms with Crippen molar-refractivity contribution in [1.82, 2.24) is 0 Å². The van der Waals surface area contributed by atoms with E-state index in [1.807, 2.05) is 0 Å². The molecule has 0 spiro atoms. The van der Waals surface area contributed by atoms with Crippen LogP contribution in [0.1, 0.15) is 32.6 Å². The maximum absolute atomic E-state index is 11.8. The van der Waals surface area contributed by atoms with E-state index in [1.54, 1.807) is 5.57 Å². The first-order chi connectivity index (χ1) is 6.75. The molecular weight excluding hydrogens is 172 g/mol. The molecule has 0 aromatic heterocycles. The summed E-state index contributed by atoms with van der Waals surface area (Å²) in [4.78, 5) is 11.8. The molecule has 0 amide bonds. The van der Waals surface area contributed by atoms with E-state index in [4.69, 9.17) is 0 Å². The largest absolute Gasteiger partial charge is 0.294 e. The lowest BCUT2D eigenvalue weighted by Gasteiger charge is -2.15. The maximum atomic E-state index is 11.8. The number of carbonyl (C=O) groups is 1. The Morgan fingerprint density at radius 1 is 1.29 bits per heavy atom. The molecule has 3 aliphatic rings. The van der Waals surface area contributed by atoms with Gasteiger partial charge in [0, 0.05) is 12.3 Å². The molecule has 1 unspecified atom stereocenters. The molecule has 0 fully saturated rings. The number of carbonyl (C=O) groups excluding carboxylic acids is 1. The lowest BCUT2D eigenvalue weighted by Crippen LogP contribution is -2.07. The molecule has 0 N–H and O–H groups in total. The van der Waals surface area contributed by atoms with Crippen molar-refractivity contribution in [3.63, 3.8) is 0 Å². The highest BCUT2D eigenvalue weighted by atomic mass is 16.1. The van der Waals surface area contributed by atoms with Gasteiger partial charge >= 0.3 is 0 Å². The molecule has 1 atom stereocenters. The van der Waals surface area contributed by atoms with E-state index in [2.05, 4.69) is 19.1 Å². The Kier molecular flexibility index (Phi) is 1.58. The second kappa shape index (κ2) is 2.69. The van der Waals surface area contributed by atoms with Crippen LogP contribution in [-0.4, -0.2) is 5.78 Å². The van der Waals surface area contributed by atoms with Crippen LogP contribution >= 0.6 is 0 Å². The number of allylic oxidation sites excluding steroid dienone is 6. The lowest BCUT2D eigenvalue weighted by atomic mass is 9.89. The Hall–Kier alpha value is -1.11. The standard InChI is InChI=1S/C13H14O/c1-8-5-11-6-9-3-2-4-10(9)7-12(11)13(8)14/h2,4,8H,3,5-7H2,1H3. The van der Waals surface area contributed by atoms with E-state index in [0.717, 1.165) is 31.3 Å². The highest BCUT2D eigenvalue weighted by molar-refractivity contribution is 6.01. The van der Waals surface area contributed by atoms with Crippen LogP contribution in [0.4, 0.5) is 0 Å². The summed E-state index contributed by atoms with van der Waals surface area (Å²) in [6.45, 7) is 2.06. The zero-order chi connectivity index (χ0) is 9.71. The minimum absolute atomic E-state index is 0.254. The van der Waals surface area contributed by atoms with Gasteiger partial charge in [0.1, 0.15) is 0 Å². The first-order valence-corrected chi connectivity index (χ1v) is 5.38. The van der Waals surface area contributed by atoms with Crippen LogP contribution in [0.3, 0.4) is 0 Å². The van der Waals surface area contributed by atoms with Crippen molar-refractivity contribution in [3.05, 3.63) is 34.4 Å². The zero-order valence-electron chi connectivity index (χ0n) is 8.47. The van der Waals surface area contributed by atoms with Crippen molar-refractivity contribution in [2.75, 3.05) is 0 Å². The monoisotopic (exact) mass is 186 g/mol. The van der Waals surface area contributed by atoms with E-state index in [1.165, 1.54) is 11.1 Å². The highest BCUT2D eigenvalue weighted by Gasteiger charge is 2.33. The van der Waals surface area contributed by atoms with Crippen LogP contribution in [0.15, 0.2) is 34.4 Å². The summed E-state index contributed by atoms with van der Waals surface area (Å²) in [5.41, 5.74) is 5.56. The molecule has 1 nitrogen and oxygen atoms in total. The Labute approximate surface area is 84.2 Å². The molecule has 0 aliphatic heterocycles. The van der Waals surface area contributed by atoms with Crippen LogP contribution in [0.25, 0.3) is 0 Å². The molecule has 0 aromatic carbocycles. The molecule has 0 radical (unpaired) electrons. The van der Waals surface area contributed by atoms with Crippen LogP contribution in [0.2, 0.25) is 0 Å². The van der Waals surface area contributed by atoms with Crippen molar-refractivity contribution in [3.8, 4) is 0 Å². The molecule has 3 rings (SSSR count). The van der Waals surface area contributed by atoms with Gasteiger partial charge in [-0.15, -0.1) is 0 Å². The molecule has 3 aliphatic carbocycles. The summed E-state index contributed by atoms with van der Waals surface area (Å²) in [5.74, 6) is 0.663. The van der Waals surface area contributed by atoms with Gasteiger partial charge in [-0.3, -0.25) is 4.79 Å². The summed E-state index contributed by atoms with van der Waals surface area (Å²) in [6.07, 6.45) is 8.56. The number of Topliss-reactive ketones (excluding diaryl/α,β-unsaturated/α-hetero) is 1. The van der Waals surface area contributed by atoms with Crippen molar-refractivity contribution in [2.24, 2.45) is 5.92 Å². The number of rotatable bonds is 0. The number of ketones is 1. The molecule has 0 bridgehead atoms. The highest BCUT2D eigenvalue weighted by Crippen LogP contribution is 2.43. The smallest absolute Gasteiger partial charge is 0.162 e. The first kappa shape index (κ1) is 8.22. The van der Waals surface area contributed by atoms with Crippen molar-refractivity contribution >= 4 is 5.78 Å². The fourth-order valence-corrected chi connectivity index (χ4v) is 2.86. The number of hydrogen-bond acceptors (Lipinski definition) is 1. The van der Waals surface area contributed by atoms with E-state index in [-0.39, 0.29) is 5.92 Å². The molecule has 0 heterocycles. The first-order valence-electron chi connectivity index (χ1n) is 5.38.